The zero-order chi connectivity index (χ0) is 15.6. The average molecular weight is 311 g/mol. The third-order valence-corrected chi connectivity index (χ3v) is 3.89. The van der Waals surface area contributed by atoms with E-state index < -0.39 is 0 Å². The Kier molecular flexibility index (Phi) is 5.18. The van der Waals surface area contributed by atoms with Gasteiger partial charge in [0.15, 0.2) is 0 Å². The molecule has 2 rings (SSSR count). The summed E-state index contributed by atoms with van der Waals surface area (Å²) in [7, 11) is 0. The predicted octanol–water partition coefficient (Wildman–Crippen LogP) is 3.84. The number of hydrogen-bond acceptors (Lipinski definition) is 3. The molecule has 0 spiro atoms. The molecule has 1 aromatic carbocycles. The molecule has 21 heavy (non-hydrogen) atoms. The number of hydrogen-bond donors (Lipinski definition) is 1. The number of nitrogens with zero attached hydrogens (tertiary/aromatic N) is 1. The molecule has 3 nitrogen and oxygen atoms in total. The van der Waals surface area contributed by atoms with Crippen LogP contribution in [0.5, 0.6) is 0 Å². The van der Waals surface area contributed by atoms with Crippen LogP contribution in [0.1, 0.15) is 40.2 Å². The molecule has 0 radical (unpaired) electrons. The fourth-order valence-electron chi connectivity index (χ4n) is 2.96. The van der Waals surface area contributed by atoms with Crippen LogP contribution < -0.4 is 10.2 Å². The maximum absolute atomic E-state index is 6.18. The van der Waals surface area contributed by atoms with Gasteiger partial charge in [-0.25, -0.2) is 0 Å². The van der Waals surface area contributed by atoms with Crippen LogP contribution in [0.3, 0.4) is 0 Å². The maximum Gasteiger partial charge on any atom is 0.0805 e. The first-order valence-electron chi connectivity index (χ1n) is 7.71. The molecular weight excluding hydrogens is 284 g/mol. The van der Waals surface area contributed by atoms with Crippen molar-refractivity contribution in [2.45, 2.75) is 58.9 Å². The van der Waals surface area contributed by atoms with E-state index in [1.54, 1.807) is 0 Å². The number of rotatable bonds is 4. The van der Waals surface area contributed by atoms with Crippen molar-refractivity contribution in [1.29, 1.82) is 0 Å². The van der Waals surface area contributed by atoms with E-state index in [-0.39, 0.29) is 11.7 Å². The van der Waals surface area contributed by atoms with E-state index in [1.165, 1.54) is 11.3 Å². The monoisotopic (exact) mass is 310 g/mol. The van der Waals surface area contributed by atoms with Gasteiger partial charge < -0.3 is 15.0 Å². The summed E-state index contributed by atoms with van der Waals surface area (Å²) >= 11 is 6.18. The van der Waals surface area contributed by atoms with Crippen molar-refractivity contribution in [3.8, 4) is 0 Å². The summed E-state index contributed by atoms with van der Waals surface area (Å²) in [6.07, 6.45) is 0.232. The Balaban J connectivity index is 2.25. The van der Waals surface area contributed by atoms with Crippen molar-refractivity contribution < 1.29 is 4.74 Å². The van der Waals surface area contributed by atoms with E-state index in [2.05, 4.69) is 57.0 Å². The van der Waals surface area contributed by atoms with Crippen LogP contribution in [0.15, 0.2) is 18.2 Å². The fourth-order valence-corrected chi connectivity index (χ4v) is 3.15. The lowest BCUT2D eigenvalue weighted by molar-refractivity contribution is -0.0750. The zero-order valence-corrected chi connectivity index (χ0v) is 14.5. The molecule has 1 fully saturated rings. The van der Waals surface area contributed by atoms with Gasteiger partial charge in [-0.15, -0.1) is 0 Å². The van der Waals surface area contributed by atoms with Gasteiger partial charge in [0, 0.05) is 36.4 Å². The highest BCUT2D eigenvalue weighted by atomic mass is 35.5. The second-order valence-electron chi connectivity index (χ2n) is 6.88. The predicted molar refractivity (Wildman–Crippen MR) is 90.3 cm³/mol. The molecule has 0 saturated carbocycles. The van der Waals surface area contributed by atoms with Gasteiger partial charge in [-0.1, -0.05) is 25.4 Å². The summed E-state index contributed by atoms with van der Waals surface area (Å²) < 4.78 is 6.00. The first kappa shape index (κ1) is 16.6. The van der Waals surface area contributed by atoms with Crippen LogP contribution in [0, 0.1) is 0 Å². The molecule has 0 amide bonds. The first-order chi connectivity index (χ1) is 9.77. The molecule has 1 heterocycles. The third-order valence-electron chi connectivity index (χ3n) is 3.65. The van der Waals surface area contributed by atoms with Crippen LogP contribution in [-0.4, -0.2) is 30.8 Å². The summed E-state index contributed by atoms with van der Waals surface area (Å²) in [6, 6.07) is 6.63. The van der Waals surface area contributed by atoms with E-state index in [1.807, 2.05) is 6.07 Å². The van der Waals surface area contributed by atoms with Crippen LogP contribution >= 0.6 is 11.6 Å². The first-order valence-corrected chi connectivity index (χ1v) is 8.09. The van der Waals surface area contributed by atoms with Crippen molar-refractivity contribution in [1.82, 2.24) is 5.32 Å². The molecule has 1 aromatic rings. The normalized spacial score (nSPS) is 21.9. The molecule has 0 bridgehead atoms. The van der Waals surface area contributed by atoms with Crippen LogP contribution in [0.25, 0.3) is 0 Å². The molecule has 1 unspecified atom stereocenters. The van der Waals surface area contributed by atoms with Crippen LogP contribution in [-0.2, 0) is 11.3 Å². The number of ether oxygens (including phenoxy) is 1. The number of halogens is 1. The lowest BCUT2D eigenvalue weighted by Gasteiger charge is -2.43. The Morgan fingerprint density at radius 2 is 2.14 bits per heavy atom. The Labute approximate surface area is 133 Å². The second-order valence-corrected chi connectivity index (χ2v) is 7.31. The molecule has 0 aromatic heterocycles. The van der Waals surface area contributed by atoms with E-state index in [0.29, 0.717) is 6.04 Å². The Morgan fingerprint density at radius 1 is 1.43 bits per heavy atom. The highest BCUT2D eigenvalue weighted by Gasteiger charge is 2.32. The van der Waals surface area contributed by atoms with Crippen molar-refractivity contribution >= 4 is 17.3 Å². The standard InChI is InChI=1S/C17H27ClN2O/c1-12(2)19-9-14-8-15(18)6-7-16(14)20-10-13(3)21-17(4,5)11-20/h6-8,12-13,19H,9-11H2,1-5H3. The van der Waals surface area contributed by atoms with Crippen molar-refractivity contribution in [3.63, 3.8) is 0 Å². The third kappa shape index (κ3) is 4.60. The molecule has 118 valence electrons. The minimum absolute atomic E-state index is 0.125. The van der Waals surface area contributed by atoms with Crippen LogP contribution in [0.2, 0.25) is 5.02 Å². The number of morpholine rings is 1. The number of anilines is 1. The van der Waals surface area contributed by atoms with Crippen molar-refractivity contribution in [2.24, 2.45) is 0 Å². The quantitative estimate of drug-likeness (QED) is 0.914. The van der Waals surface area contributed by atoms with E-state index in [4.69, 9.17) is 16.3 Å². The summed E-state index contributed by atoms with van der Waals surface area (Å²) in [4.78, 5) is 2.42. The van der Waals surface area contributed by atoms with Gasteiger partial charge in [0.25, 0.3) is 0 Å². The summed E-state index contributed by atoms with van der Waals surface area (Å²) in [6.45, 7) is 13.4. The van der Waals surface area contributed by atoms with E-state index in [9.17, 15) is 0 Å². The SMILES string of the molecule is CC(C)NCc1cc(Cl)ccc1N1CC(C)OC(C)(C)C1. The second kappa shape index (κ2) is 6.55. The topological polar surface area (TPSA) is 24.5 Å². The molecule has 1 atom stereocenters. The van der Waals surface area contributed by atoms with Crippen LogP contribution in [0.4, 0.5) is 5.69 Å². The lowest BCUT2D eigenvalue weighted by atomic mass is 10.0. The van der Waals surface area contributed by atoms with Gasteiger partial charge in [0.2, 0.25) is 0 Å². The van der Waals surface area contributed by atoms with Gasteiger partial charge in [0.1, 0.15) is 0 Å². The Hall–Kier alpha value is -0.770. The average Bonchev–Trinajstić information content (AvgIpc) is 2.33. The Bertz CT molecular complexity index is 488. The van der Waals surface area contributed by atoms with Crippen molar-refractivity contribution in [3.05, 3.63) is 28.8 Å². The van der Waals surface area contributed by atoms with E-state index >= 15 is 0 Å². The number of nitrogens with one attached hydrogen (secondary N) is 1. The molecular formula is C17H27ClN2O. The smallest absolute Gasteiger partial charge is 0.0805 e. The highest BCUT2D eigenvalue weighted by molar-refractivity contribution is 6.30. The van der Waals surface area contributed by atoms with E-state index in [0.717, 1.165) is 24.7 Å². The summed E-state index contributed by atoms with van der Waals surface area (Å²) in [5, 5.41) is 4.28. The molecule has 1 aliphatic heterocycles. The van der Waals surface area contributed by atoms with Gasteiger partial charge in [-0.3, -0.25) is 0 Å². The van der Waals surface area contributed by atoms with Gasteiger partial charge in [0.05, 0.1) is 11.7 Å². The molecule has 0 aliphatic carbocycles. The molecule has 1 N–H and O–H groups in total. The van der Waals surface area contributed by atoms with Gasteiger partial charge in [-0.05, 0) is 44.5 Å². The van der Waals surface area contributed by atoms with Gasteiger partial charge in [-0.2, -0.15) is 0 Å². The minimum Gasteiger partial charge on any atom is -0.369 e. The summed E-state index contributed by atoms with van der Waals surface area (Å²) in [5.74, 6) is 0. The molecule has 1 aliphatic rings. The largest absolute Gasteiger partial charge is 0.369 e. The molecule has 4 heteroatoms. The molecule has 1 saturated heterocycles. The maximum atomic E-state index is 6.18. The summed E-state index contributed by atoms with van der Waals surface area (Å²) in [5.41, 5.74) is 2.39. The Morgan fingerprint density at radius 3 is 2.76 bits per heavy atom. The fraction of sp³-hybridized carbons (Fsp3) is 0.647. The van der Waals surface area contributed by atoms with Crippen molar-refractivity contribution in [2.75, 3.05) is 18.0 Å². The minimum atomic E-state index is -0.125. The number of benzene rings is 1. The zero-order valence-electron chi connectivity index (χ0n) is 13.7. The lowest BCUT2D eigenvalue weighted by Crippen LogP contribution is -2.52. The van der Waals surface area contributed by atoms with Gasteiger partial charge >= 0.3 is 0 Å². The highest BCUT2D eigenvalue weighted by Crippen LogP contribution is 2.30.